The van der Waals surface area contributed by atoms with Gasteiger partial charge in [-0.25, -0.2) is 14.8 Å². The van der Waals surface area contributed by atoms with Gasteiger partial charge in [0.25, 0.3) is 0 Å². The molecule has 3 amide bonds. The first-order valence-electron chi connectivity index (χ1n) is 11.3. The van der Waals surface area contributed by atoms with Crippen molar-refractivity contribution in [1.82, 2.24) is 35.9 Å². The Hall–Kier alpha value is -4.72. The fraction of sp³-hybridized carbons (Fsp3) is 0.304. The molecule has 0 bridgehead atoms. The van der Waals surface area contributed by atoms with E-state index in [2.05, 4.69) is 35.9 Å². The van der Waals surface area contributed by atoms with E-state index in [1.807, 2.05) is 0 Å². The van der Waals surface area contributed by atoms with Gasteiger partial charge >= 0.3 is 5.97 Å². The molecule has 2 heterocycles. The van der Waals surface area contributed by atoms with Crippen molar-refractivity contribution in [2.75, 3.05) is 6.54 Å². The number of aromatic hydroxyl groups is 1. The maximum Gasteiger partial charge on any atom is 0.326 e. The lowest BCUT2D eigenvalue weighted by Crippen LogP contribution is -2.55. The lowest BCUT2D eigenvalue weighted by Gasteiger charge is -2.21. The van der Waals surface area contributed by atoms with Crippen LogP contribution in [0.5, 0.6) is 5.75 Å². The fourth-order valence-corrected chi connectivity index (χ4v) is 3.44. The van der Waals surface area contributed by atoms with Gasteiger partial charge in [-0.15, -0.1) is 0 Å². The van der Waals surface area contributed by atoms with Gasteiger partial charge in [-0.05, 0) is 17.7 Å². The highest BCUT2D eigenvalue weighted by Gasteiger charge is 2.28. The summed E-state index contributed by atoms with van der Waals surface area (Å²) in [5.41, 5.74) is 7.61. The molecule has 0 saturated heterocycles. The summed E-state index contributed by atoms with van der Waals surface area (Å²) in [7, 11) is 0. The molecule has 1 aromatic carbocycles. The summed E-state index contributed by atoms with van der Waals surface area (Å²) >= 11 is 0. The fourth-order valence-electron chi connectivity index (χ4n) is 3.44. The van der Waals surface area contributed by atoms with Crippen molar-refractivity contribution < 1.29 is 29.4 Å². The van der Waals surface area contributed by atoms with E-state index in [0.717, 1.165) is 0 Å². The number of amides is 3. The van der Waals surface area contributed by atoms with E-state index in [4.69, 9.17) is 5.73 Å². The van der Waals surface area contributed by atoms with Crippen molar-refractivity contribution in [2.24, 2.45) is 5.73 Å². The van der Waals surface area contributed by atoms with E-state index in [1.165, 1.54) is 37.2 Å². The van der Waals surface area contributed by atoms with Crippen LogP contribution in [0.25, 0.3) is 0 Å². The van der Waals surface area contributed by atoms with Gasteiger partial charge in [0.2, 0.25) is 17.7 Å². The van der Waals surface area contributed by atoms with E-state index >= 15 is 0 Å². The third-order valence-corrected chi connectivity index (χ3v) is 5.38. The molecule has 14 nitrogen and oxygen atoms in total. The van der Waals surface area contributed by atoms with E-state index in [0.29, 0.717) is 17.0 Å². The number of nitrogens with zero attached hydrogens (tertiary/aromatic N) is 2. The van der Waals surface area contributed by atoms with Crippen molar-refractivity contribution in [3.05, 3.63) is 66.3 Å². The largest absolute Gasteiger partial charge is 0.508 e. The normalized spacial score (nSPS) is 13.2. The molecule has 3 aromatic rings. The second-order valence-electron chi connectivity index (χ2n) is 8.28. The van der Waals surface area contributed by atoms with Crippen molar-refractivity contribution in [3.63, 3.8) is 0 Å². The Morgan fingerprint density at radius 2 is 1.49 bits per heavy atom. The molecule has 196 valence electrons. The molecule has 3 atom stereocenters. The zero-order valence-corrected chi connectivity index (χ0v) is 19.7. The molecule has 0 aliphatic rings. The number of phenolic OH excluding ortho intramolecular Hbond substituents is 1. The number of hydrogen-bond donors (Lipinski definition) is 8. The van der Waals surface area contributed by atoms with Gasteiger partial charge in [-0.2, -0.15) is 0 Å². The van der Waals surface area contributed by atoms with Gasteiger partial charge in [0.05, 0.1) is 25.2 Å². The monoisotopic (exact) mass is 512 g/mol. The van der Waals surface area contributed by atoms with E-state index in [9.17, 15) is 29.4 Å². The van der Waals surface area contributed by atoms with Gasteiger partial charge in [0, 0.05) is 43.0 Å². The number of imidazole rings is 2. The number of carbonyl (C=O) groups excluding carboxylic acids is 3. The van der Waals surface area contributed by atoms with Crippen LogP contribution >= 0.6 is 0 Å². The second-order valence-corrected chi connectivity index (χ2v) is 8.28. The molecule has 0 fully saturated rings. The van der Waals surface area contributed by atoms with Crippen LogP contribution in [0.15, 0.2) is 49.3 Å². The summed E-state index contributed by atoms with van der Waals surface area (Å²) in [4.78, 5) is 63.0. The number of aromatic nitrogens is 4. The van der Waals surface area contributed by atoms with E-state index < -0.39 is 48.4 Å². The molecule has 14 heteroatoms. The zero-order valence-electron chi connectivity index (χ0n) is 19.7. The highest BCUT2D eigenvalue weighted by Crippen LogP contribution is 2.12. The Bertz CT molecular complexity index is 1180. The number of carbonyl (C=O) groups is 4. The number of hydrogen-bond acceptors (Lipinski definition) is 8. The Balaban J connectivity index is 1.60. The van der Waals surface area contributed by atoms with Crippen molar-refractivity contribution in [1.29, 1.82) is 0 Å². The highest BCUT2D eigenvalue weighted by molar-refractivity contribution is 5.92. The summed E-state index contributed by atoms with van der Waals surface area (Å²) in [5.74, 6) is -3.23. The van der Waals surface area contributed by atoms with E-state index in [1.54, 1.807) is 12.1 Å². The molecule has 0 aliphatic carbocycles. The topological polar surface area (TPSA) is 228 Å². The Morgan fingerprint density at radius 1 is 0.865 bits per heavy atom. The summed E-state index contributed by atoms with van der Waals surface area (Å²) in [6.07, 6.45) is 6.00. The minimum atomic E-state index is -1.29. The van der Waals surface area contributed by atoms with Crippen LogP contribution in [0.2, 0.25) is 0 Å². The number of phenols is 1. The van der Waals surface area contributed by atoms with Crippen LogP contribution in [0.1, 0.15) is 17.0 Å². The third kappa shape index (κ3) is 8.47. The molecule has 0 aliphatic heterocycles. The standard InChI is InChI=1S/C23H28N8O6/c24-17(6-14-8-25-11-28-14)21(34)27-10-20(33)30-18(7-15-9-26-12-29-15)22(35)31-19(23(36)37)5-13-1-3-16(32)4-2-13/h1-4,8-9,11-12,17-19,32H,5-7,10,24H2,(H,25,28)(H,26,29)(H,27,34)(H,30,33)(H,31,35)(H,36,37). The van der Waals surface area contributed by atoms with Crippen LogP contribution in [-0.2, 0) is 38.4 Å². The summed E-state index contributed by atoms with van der Waals surface area (Å²) < 4.78 is 0. The number of rotatable bonds is 13. The Morgan fingerprint density at radius 3 is 2.05 bits per heavy atom. The first kappa shape index (κ1) is 26.9. The summed E-state index contributed by atoms with van der Waals surface area (Å²) in [6.45, 7) is -0.446. The molecular formula is C23H28N8O6. The summed E-state index contributed by atoms with van der Waals surface area (Å²) in [5, 5.41) is 26.4. The number of aliphatic carboxylic acids is 1. The van der Waals surface area contributed by atoms with Crippen LogP contribution in [0, 0.1) is 0 Å². The predicted octanol–water partition coefficient (Wildman–Crippen LogP) is -1.64. The van der Waals surface area contributed by atoms with Gasteiger partial charge in [-0.3, -0.25) is 14.4 Å². The number of H-pyrrole nitrogens is 2. The van der Waals surface area contributed by atoms with Gasteiger partial charge in [0.1, 0.15) is 17.8 Å². The molecule has 2 aromatic heterocycles. The van der Waals surface area contributed by atoms with Gasteiger partial charge in [0.15, 0.2) is 0 Å². The van der Waals surface area contributed by atoms with Gasteiger partial charge < -0.3 is 41.9 Å². The van der Waals surface area contributed by atoms with Crippen molar-refractivity contribution in [3.8, 4) is 5.75 Å². The first-order chi connectivity index (χ1) is 17.7. The molecular weight excluding hydrogens is 484 g/mol. The smallest absolute Gasteiger partial charge is 0.326 e. The Kier molecular flexibility index (Phi) is 9.32. The van der Waals surface area contributed by atoms with Crippen molar-refractivity contribution in [2.45, 2.75) is 37.4 Å². The number of nitrogens with two attached hydrogens (primary N) is 1. The van der Waals surface area contributed by atoms with Crippen LogP contribution < -0.4 is 21.7 Å². The third-order valence-electron chi connectivity index (χ3n) is 5.38. The zero-order chi connectivity index (χ0) is 26.8. The molecule has 0 saturated carbocycles. The average molecular weight is 513 g/mol. The summed E-state index contributed by atoms with van der Waals surface area (Å²) in [6, 6.07) is 2.53. The minimum absolute atomic E-state index is 0.00357. The lowest BCUT2D eigenvalue weighted by atomic mass is 10.0. The molecule has 9 N–H and O–H groups in total. The van der Waals surface area contributed by atoms with Crippen LogP contribution in [0.4, 0.5) is 0 Å². The number of benzene rings is 1. The minimum Gasteiger partial charge on any atom is -0.508 e. The van der Waals surface area contributed by atoms with Crippen LogP contribution in [-0.4, -0.2) is 78.5 Å². The molecule has 3 rings (SSSR count). The first-order valence-corrected chi connectivity index (χ1v) is 11.3. The molecule has 37 heavy (non-hydrogen) atoms. The molecule has 0 spiro atoms. The SMILES string of the molecule is NC(Cc1cnc[nH]1)C(=O)NCC(=O)NC(Cc1cnc[nH]1)C(=O)NC(Cc1ccc(O)cc1)C(=O)O. The van der Waals surface area contributed by atoms with E-state index in [-0.39, 0.29) is 25.0 Å². The maximum atomic E-state index is 13.0. The number of nitrogens with one attached hydrogen (secondary N) is 5. The molecule has 0 radical (unpaired) electrons. The second kappa shape index (κ2) is 12.8. The molecule has 3 unspecified atom stereocenters. The number of carboxylic acids is 1. The average Bonchev–Trinajstić information content (AvgIpc) is 3.57. The quantitative estimate of drug-likeness (QED) is 0.131. The van der Waals surface area contributed by atoms with Crippen LogP contribution in [0.3, 0.4) is 0 Å². The Labute approximate surface area is 211 Å². The number of aromatic amines is 2. The van der Waals surface area contributed by atoms with Gasteiger partial charge in [-0.1, -0.05) is 12.1 Å². The highest BCUT2D eigenvalue weighted by atomic mass is 16.4. The number of carboxylic acid groups (broad SMARTS) is 1. The maximum absolute atomic E-state index is 13.0. The predicted molar refractivity (Wildman–Crippen MR) is 129 cm³/mol. The van der Waals surface area contributed by atoms with Crippen molar-refractivity contribution >= 4 is 23.7 Å². The lowest BCUT2D eigenvalue weighted by molar-refractivity contribution is -0.142.